The van der Waals surface area contributed by atoms with Gasteiger partial charge in [0.15, 0.2) is 5.69 Å². The van der Waals surface area contributed by atoms with Gasteiger partial charge in [-0.05, 0) is 37.1 Å². The van der Waals surface area contributed by atoms with E-state index in [2.05, 4.69) is 5.10 Å². The summed E-state index contributed by atoms with van der Waals surface area (Å²) in [6.45, 7) is 1.99. The largest absolute Gasteiger partial charge is 0.497 e. The van der Waals surface area contributed by atoms with Gasteiger partial charge in [-0.1, -0.05) is 0 Å². The van der Waals surface area contributed by atoms with Gasteiger partial charge in [-0.25, -0.2) is 8.42 Å². The SMILES string of the molecule is COc1ccc(S(=O)(=O)N2CCc3c(c(C(=O)N4CCCC4)nn3C)C2)cc1. The Bertz CT molecular complexity index is 992. The van der Waals surface area contributed by atoms with Crippen molar-refractivity contribution in [1.82, 2.24) is 19.0 Å². The number of hydrogen-bond acceptors (Lipinski definition) is 5. The molecule has 1 amide bonds. The Balaban J connectivity index is 1.64. The van der Waals surface area contributed by atoms with Crippen LogP contribution in [-0.4, -0.2) is 60.1 Å². The molecule has 0 aliphatic carbocycles. The zero-order valence-corrected chi connectivity index (χ0v) is 16.9. The molecule has 9 heteroatoms. The maximum absolute atomic E-state index is 13.1. The summed E-state index contributed by atoms with van der Waals surface area (Å²) in [5, 5.41) is 4.44. The van der Waals surface area contributed by atoms with E-state index in [1.54, 1.807) is 33.8 Å². The Morgan fingerprint density at radius 3 is 2.43 bits per heavy atom. The molecule has 0 atom stereocenters. The van der Waals surface area contributed by atoms with Crippen LogP contribution in [-0.2, 0) is 30.0 Å². The fraction of sp³-hybridized carbons (Fsp3) is 0.474. The van der Waals surface area contributed by atoms with Crippen LogP contribution in [0, 0.1) is 0 Å². The van der Waals surface area contributed by atoms with Crippen LogP contribution < -0.4 is 4.74 Å². The van der Waals surface area contributed by atoms with Crippen LogP contribution in [0.2, 0.25) is 0 Å². The summed E-state index contributed by atoms with van der Waals surface area (Å²) in [5.41, 5.74) is 2.04. The molecule has 1 fully saturated rings. The fourth-order valence-corrected chi connectivity index (χ4v) is 5.32. The minimum atomic E-state index is -3.67. The topological polar surface area (TPSA) is 84.7 Å². The molecular formula is C19H24N4O4S. The lowest BCUT2D eigenvalue weighted by molar-refractivity contribution is 0.0784. The first-order valence-corrected chi connectivity index (χ1v) is 10.8. The van der Waals surface area contributed by atoms with E-state index in [1.165, 1.54) is 11.4 Å². The number of nitrogens with zero attached hydrogens (tertiary/aromatic N) is 4. The molecule has 3 heterocycles. The molecule has 1 aromatic heterocycles. The predicted molar refractivity (Wildman–Crippen MR) is 103 cm³/mol. The number of sulfonamides is 1. The summed E-state index contributed by atoms with van der Waals surface area (Å²) in [5.74, 6) is 0.503. The number of hydrogen-bond donors (Lipinski definition) is 0. The second-order valence-corrected chi connectivity index (χ2v) is 9.10. The summed E-state index contributed by atoms with van der Waals surface area (Å²) in [6.07, 6.45) is 2.53. The lowest BCUT2D eigenvalue weighted by atomic mass is 10.1. The van der Waals surface area contributed by atoms with Gasteiger partial charge < -0.3 is 9.64 Å². The Kier molecular flexibility index (Phi) is 4.88. The minimum Gasteiger partial charge on any atom is -0.497 e. The number of rotatable bonds is 4. The number of benzene rings is 1. The highest BCUT2D eigenvalue weighted by molar-refractivity contribution is 7.89. The summed E-state index contributed by atoms with van der Waals surface area (Å²) in [6, 6.07) is 6.36. The second kappa shape index (κ2) is 7.21. The number of ether oxygens (including phenoxy) is 1. The Labute approximate surface area is 164 Å². The van der Waals surface area contributed by atoms with Gasteiger partial charge in [-0.3, -0.25) is 9.48 Å². The third-order valence-electron chi connectivity index (χ3n) is 5.50. The molecule has 1 aromatic carbocycles. The number of fused-ring (bicyclic) bond motifs is 1. The van der Waals surface area contributed by atoms with E-state index >= 15 is 0 Å². The van der Waals surface area contributed by atoms with Crippen molar-refractivity contribution >= 4 is 15.9 Å². The van der Waals surface area contributed by atoms with E-state index in [9.17, 15) is 13.2 Å². The highest BCUT2D eigenvalue weighted by Crippen LogP contribution is 2.28. The van der Waals surface area contributed by atoms with Crippen molar-refractivity contribution in [2.75, 3.05) is 26.7 Å². The Morgan fingerprint density at radius 1 is 1.11 bits per heavy atom. The molecule has 2 aliphatic heterocycles. The molecule has 150 valence electrons. The highest BCUT2D eigenvalue weighted by Gasteiger charge is 2.35. The highest BCUT2D eigenvalue weighted by atomic mass is 32.2. The molecule has 0 spiro atoms. The number of aryl methyl sites for hydroxylation is 1. The van der Waals surface area contributed by atoms with Crippen LogP contribution in [0.5, 0.6) is 5.75 Å². The molecule has 4 rings (SSSR count). The third-order valence-corrected chi connectivity index (χ3v) is 7.36. The van der Waals surface area contributed by atoms with Crippen LogP contribution in [0.15, 0.2) is 29.2 Å². The van der Waals surface area contributed by atoms with Crippen LogP contribution in [0.3, 0.4) is 0 Å². The van der Waals surface area contributed by atoms with E-state index < -0.39 is 10.0 Å². The van der Waals surface area contributed by atoms with E-state index in [0.717, 1.165) is 37.2 Å². The number of carbonyl (C=O) groups excluding carboxylic acids is 1. The Morgan fingerprint density at radius 2 is 1.79 bits per heavy atom. The number of amides is 1. The number of methoxy groups -OCH3 is 1. The predicted octanol–water partition coefficient (Wildman–Crippen LogP) is 1.41. The Hall–Kier alpha value is -2.39. The lowest BCUT2D eigenvalue weighted by Crippen LogP contribution is -2.37. The van der Waals surface area contributed by atoms with Crippen molar-refractivity contribution in [3.8, 4) is 5.75 Å². The lowest BCUT2D eigenvalue weighted by Gasteiger charge is -2.27. The first-order valence-electron chi connectivity index (χ1n) is 9.40. The van der Waals surface area contributed by atoms with Gasteiger partial charge in [-0.15, -0.1) is 0 Å². The quantitative estimate of drug-likeness (QED) is 0.769. The van der Waals surface area contributed by atoms with Crippen molar-refractivity contribution in [3.63, 3.8) is 0 Å². The van der Waals surface area contributed by atoms with Gasteiger partial charge >= 0.3 is 0 Å². The normalized spacial score (nSPS) is 17.6. The summed E-state index contributed by atoms with van der Waals surface area (Å²) in [7, 11) is -0.315. The van der Waals surface area contributed by atoms with E-state index in [1.807, 2.05) is 7.05 Å². The van der Waals surface area contributed by atoms with Crippen LogP contribution in [0.25, 0.3) is 0 Å². The molecule has 0 saturated carbocycles. The average molecular weight is 404 g/mol. The maximum atomic E-state index is 13.1. The number of aromatic nitrogens is 2. The average Bonchev–Trinajstić information content (AvgIpc) is 3.36. The molecular weight excluding hydrogens is 380 g/mol. The van der Waals surface area contributed by atoms with Gasteiger partial charge in [0.2, 0.25) is 10.0 Å². The van der Waals surface area contributed by atoms with E-state index in [4.69, 9.17) is 4.74 Å². The molecule has 0 radical (unpaired) electrons. The number of likely N-dealkylation sites (tertiary alicyclic amines) is 1. The van der Waals surface area contributed by atoms with Gasteiger partial charge in [0, 0.05) is 50.9 Å². The van der Waals surface area contributed by atoms with Crippen molar-refractivity contribution in [3.05, 3.63) is 41.2 Å². The van der Waals surface area contributed by atoms with Crippen LogP contribution in [0.1, 0.15) is 34.6 Å². The zero-order chi connectivity index (χ0) is 19.9. The molecule has 2 aliphatic rings. The molecule has 0 unspecified atom stereocenters. The molecule has 8 nitrogen and oxygen atoms in total. The summed E-state index contributed by atoms with van der Waals surface area (Å²) < 4.78 is 34.5. The molecule has 0 N–H and O–H groups in total. The maximum Gasteiger partial charge on any atom is 0.274 e. The van der Waals surface area contributed by atoms with E-state index in [-0.39, 0.29) is 17.3 Å². The third kappa shape index (κ3) is 3.18. The van der Waals surface area contributed by atoms with Gasteiger partial charge in [-0.2, -0.15) is 9.40 Å². The van der Waals surface area contributed by atoms with Gasteiger partial charge in [0.05, 0.1) is 12.0 Å². The first kappa shape index (κ1) is 18.9. The van der Waals surface area contributed by atoms with Gasteiger partial charge in [0.25, 0.3) is 5.91 Å². The van der Waals surface area contributed by atoms with Gasteiger partial charge in [0.1, 0.15) is 5.75 Å². The smallest absolute Gasteiger partial charge is 0.274 e. The summed E-state index contributed by atoms with van der Waals surface area (Å²) in [4.78, 5) is 14.9. The van der Waals surface area contributed by atoms with Crippen LogP contribution >= 0.6 is 0 Å². The van der Waals surface area contributed by atoms with Crippen molar-refractivity contribution in [2.45, 2.75) is 30.7 Å². The number of carbonyl (C=O) groups is 1. The van der Waals surface area contributed by atoms with Crippen molar-refractivity contribution in [2.24, 2.45) is 7.05 Å². The zero-order valence-electron chi connectivity index (χ0n) is 16.1. The summed E-state index contributed by atoms with van der Waals surface area (Å²) >= 11 is 0. The van der Waals surface area contributed by atoms with Crippen LogP contribution in [0.4, 0.5) is 0 Å². The minimum absolute atomic E-state index is 0.0990. The monoisotopic (exact) mass is 404 g/mol. The first-order chi connectivity index (χ1) is 13.4. The van der Waals surface area contributed by atoms with E-state index in [0.29, 0.717) is 24.4 Å². The van der Waals surface area contributed by atoms with Crippen molar-refractivity contribution < 1.29 is 17.9 Å². The van der Waals surface area contributed by atoms with Crippen molar-refractivity contribution in [1.29, 1.82) is 0 Å². The molecule has 28 heavy (non-hydrogen) atoms. The fourth-order valence-electron chi connectivity index (χ4n) is 3.91. The molecule has 2 aromatic rings. The molecule has 1 saturated heterocycles. The standard InChI is InChI=1S/C19H24N4O4S/c1-21-17-9-12-23(28(25,26)15-7-5-14(27-2)6-8-15)13-16(17)18(20-21)19(24)22-10-3-4-11-22/h5-8H,3-4,9-13H2,1-2H3. The molecule has 0 bridgehead atoms. The second-order valence-electron chi connectivity index (χ2n) is 7.16.